The van der Waals surface area contributed by atoms with Crippen LogP contribution in [0.4, 0.5) is 0 Å². The number of hydrogen-bond donors (Lipinski definition) is 2. The summed E-state index contributed by atoms with van der Waals surface area (Å²) in [6.45, 7) is 2.40. The van der Waals surface area contributed by atoms with Crippen LogP contribution in [-0.2, 0) is 11.3 Å². The van der Waals surface area contributed by atoms with E-state index >= 15 is 0 Å². The highest BCUT2D eigenvalue weighted by molar-refractivity contribution is 5.90. The highest BCUT2D eigenvalue weighted by Crippen LogP contribution is 2.15. The Morgan fingerprint density at radius 2 is 2.00 bits per heavy atom. The lowest BCUT2D eigenvalue weighted by atomic mass is 10.1. The molecule has 0 unspecified atom stereocenters. The number of hydrogen-bond acceptors (Lipinski definition) is 4. The maximum Gasteiger partial charge on any atom is 0.309 e. The number of carbonyl (C=O) groups excluding carboxylic acids is 1. The van der Waals surface area contributed by atoms with Gasteiger partial charge in [-0.25, -0.2) is 4.98 Å². The minimum Gasteiger partial charge on any atom is -0.481 e. The van der Waals surface area contributed by atoms with Gasteiger partial charge in [-0.1, -0.05) is 30.3 Å². The largest absolute Gasteiger partial charge is 0.481 e. The molecule has 0 saturated carbocycles. The maximum absolute atomic E-state index is 12.5. The van der Waals surface area contributed by atoms with Gasteiger partial charge in [-0.15, -0.1) is 0 Å². The fraction of sp³-hybridized carbons (Fsp3) is 0.353. The second-order valence-corrected chi connectivity index (χ2v) is 5.94. The maximum atomic E-state index is 12.5. The molecule has 7 nitrogen and oxygen atoms in total. The lowest BCUT2D eigenvalue weighted by molar-refractivity contribution is -0.142. The summed E-state index contributed by atoms with van der Waals surface area (Å²) in [5, 5.41) is 9.49. The van der Waals surface area contributed by atoms with Gasteiger partial charge >= 0.3 is 5.97 Å². The van der Waals surface area contributed by atoms with Crippen LogP contribution < -0.4 is 0 Å². The minimum absolute atomic E-state index is 0.195. The van der Waals surface area contributed by atoms with Gasteiger partial charge in [-0.2, -0.15) is 0 Å². The molecule has 1 aromatic carbocycles. The molecule has 2 N–H and O–H groups in total. The van der Waals surface area contributed by atoms with Gasteiger partial charge in [0.05, 0.1) is 5.92 Å². The van der Waals surface area contributed by atoms with Crippen LogP contribution in [0, 0.1) is 5.92 Å². The number of imidazole rings is 1. The molecule has 1 saturated heterocycles. The number of carbonyl (C=O) groups is 2. The number of nitrogens with one attached hydrogen (secondary N) is 1. The number of aromatic amines is 1. The van der Waals surface area contributed by atoms with E-state index in [4.69, 9.17) is 0 Å². The fourth-order valence-electron chi connectivity index (χ4n) is 2.94. The molecule has 0 spiro atoms. The van der Waals surface area contributed by atoms with Gasteiger partial charge in [0, 0.05) is 45.1 Å². The zero-order valence-corrected chi connectivity index (χ0v) is 13.3. The predicted octanol–water partition coefficient (Wildman–Crippen LogP) is 1.07. The van der Waals surface area contributed by atoms with Crippen molar-refractivity contribution in [3.63, 3.8) is 0 Å². The minimum atomic E-state index is -0.882. The van der Waals surface area contributed by atoms with Crippen molar-refractivity contribution in [1.29, 1.82) is 0 Å². The third-order valence-corrected chi connectivity index (χ3v) is 4.19. The summed E-state index contributed by atoms with van der Waals surface area (Å²) in [6, 6.07) is 9.93. The number of aliphatic carboxylic acids is 1. The number of H-pyrrole nitrogens is 1. The number of carboxylic acid groups (broad SMARTS) is 1. The van der Waals surface area contributed by atoms with Crippen molar-refractivity contribution >= 4 is 11.9 Å². The highest BCUT2D eigenvalue weighted by Gasteiger charge is 2.31. The van der Waals surface area contributed by atoms with Crippen molar-refractivity contribution in [3.8, 4) is 0 Å². The average molecular weight is 328 g/mol. The molecule has 24 heavy (non-hydrogen) atoms. The van der Waals surface area contributed by atoms with Gasteiger partial charge in [0.15, 0.2) is 5.82 Å². The molecule has 2 heterocycles. The Hall–Kier alpha value is -2.67. The average Bonchev–Trinajstić information content (AvgIpc) is 3.03. The van der Waals surface area contributed by atoms with E-state index in [1.165, 1.54) is 6.20 Å². The molecular weight excluding hydrogens is 308 g/mol. The van der Waals surface area contributed by atoms with Crippen molar-refractivity contribution in [2.24, 2.45) is 5.92 Å². The molecule has 1 aromatic heterocycles. The first-order chi connectivity index (χ1) is 11.6. The van der Waals surface area contributed by atoms with E-state index in [9.17, 15) is 14.7 Å². The molecule has 0 aliphatic carbocycles. The van der Waals surface area contributed by atoms with E-state index < -0.39 is 11.9 Å². The Labute approximate surface area is 139 Å². The highest BCUT2D eigenvalue weighted by atomic mass is 16.4. The van der Waals surface area contributed by atoms with Crippen LogP contribution in [0.25, 0.3) is 0 Å². The van der Waals surface area contributed by atoms with Crippen molar-refractivity contribution in [2.45, 2.75) is 6.54 Å². The molecule has 1 fully saturated rings. The molecule has 1 aliphatic rings. The first-order valence-corrected chi connectivity index (χ1v) is 7.91. The van der Waals surface area contributed by atoms with Crippen LogP contribution in [0.15, 0.2) is 42.7 Å². The van der Waals surface area contributed by atoms with Crippen molar-refractivity contribution in [1.82, 2.24) is 19.8 Å². The second kappa shape index (κ2) is 7.27. The Bertz CT molecular complexity index is 687. The smallest absolute Gasteiger partial charge is 0.309 e. The van der Waals surface area contributed by atoms with E-state index in [0.29, 0.717) is 26.2 Å². The normalized spacial score (nSPS) is 19.0. The van der Waals surface area contributed by atoms with Crippen LogP contribution >= 0.6 is 0 Å². The molecule has 0 bridgehead atoms. The summed E-state index contributed by atoms with van der Waals surface area (Å²) in [6.07, 6.45) is 3.10. The van der Waals surface area contributed by atoms with Crippen LogP contribution in [0.3, 0.4) is 0 Å². The van der Waals surface area contributed by atoms with Crippen molar-refractivity contribution in [2.75, 3.05) is 26.2 Å². The van der Waals surface area contributed by atoms with Crippen molar-refractivity contribution < 1.29 is 14.7 Å². The lowest BCUT2D eigenvalue weighted by Gasteiger charge is -2.21. The van der Waals surface area contributed by atoms with Crippen LogP contribution in [0.5, 0.6) is 0 Å². The third-order valence-electron chi connectivity index (χ3n) is 4.19. The van der Waals surface area contributed by atoms with Gasteiger partial charge < -0.3 is 15.0 Å². The lowest BCUT2D eigenvalue weighted by Crippen LogP contribution is -2.38. The predicted molar refractivity (Wildman–Crippen MR) is 87.3 cm³/mol. The molecule has 126 valence electrons. The summed E-state index contributed by atoms with van der Waals surface area (Å²) in [5.41, 5.74) is 1.13. The topological polar surface area (TPSA) is 89.5 Å². The van der Waals surface area contributed by atoms with E-state index in [-0.39, 0.29) is 18.3 Å². The summed E-state index contributed by atoms with van der Waals surface area (Å²) >= 11 is 0. The molecule has 7 heteroatoms. The Kier molecular flexibility index (Phi) is 4.90. The monoisotopic (exact) mass is 328 g/mol. The standard InChI is InChI=1S/C17H20N4O3/c22-16(15-18-6-7-19-15)21-9-8-20(11-14(12-21)17(23)24)10-13-4-2-1-3-5-13/h1-7,14H,8-12H2,(H,18,19)(H,23,24)/t14-/m1/s1. The molecule has 1 amide bonds. The molecular formula is C17H20N4O3. The van der Waals surface area contributed by atoms with E-state index in [2.05, 4.69) is 14.9 Å². The molecule has 0 radical (unpaired) electrons. The molecule has 1 aliphatic heterocycles. The SMILES string of the molecule is O=C(O)[C@@H]1CN(Cc2ccccc2)CCN(C(=O)c2ncc[nH]2)C1. The van der Waals surface area contributed by atoms with Gasteiger partial charge in [0.25, 0.3) is 5.91 Å². The molecule has 1 atom stereocenters. The Balaban J connectivity index is 1.72. The first-order valence-electron chi connectivity index (χ1n) is 7.91. The van der Waals surface area contributed by atoms with E-state index in [1.54, 1.807) is 11.1 Å². The Morgan fingerprint density at radius 1 is 1.21 bits per heavy atom. The third kappa shape index (κ3) is 3.80. The summed E-state index contributed by atoms with van der Waals surface area (Å²) in [7, 11) is 0. The van der Waals surface area contributed by atoms with Gasteiger partial charge in [0.2, 0.25) is 0 Å². The zero-order chi connectivity index (χ0) is 16.9. The summed E-state index contributed by atoms with van der Waals surface area (Å²) in [5.74, 6) is -1.51. The molecule has 2 aromatic rings. The number of carboxylic acids is 1. The van der Waals surface area contributed by atoms with Gasteiger partial charge in [-0.3, -0.25) is 14.5 Å². The second-order valence-electron chi connectivity index (χ2n) is 5.94. The molecule has 3 rings (SSSR count). The summed E-state index contributed by atoms with van der Waals surface area (Å²) < 4.78 is 0. The number of amides is 1. The summed E-state index contributed by atoms with van der Waals surface area (Å²) in [4.78, 5) is 34.5. The quantitative estimate of drug-likeness (QED) is 0.876. The number of rotatable bonds is 4. The van der Waals surface area contributed by atoms with Crippen LogP contribution in [-0.4, -0.2) is 62.9 Å². The Morgan fingerprint density at radius 3 is 2.67 bits per heavy atom. The van der Waals surface area contributed by atoms with E-state index in [0.717, 1.165) is 5.56 Å². The number of aromatic nitrogens is 2. The number of benzene rings is 1. The van der Waals surface area contributed by atoms with Gasteiger partial charge in [-0.05, 0) is 5.56 Å². The van der Waals surface area contributed by atoms with Gasteiger partial charge in [0.1, 0.15) is 0 Å². The number of nitrogens with zero attached hydrogens (tertiary/aromatic N) is 3. The fourth-order valence-corrected chi connectivity index (χ4v) is 2.94. The van der Waals surface area contributed by atoms with E-state index in [1.807, 2.05) is 30.3 Å². The first kappa shape index (κ1) is 16.2. The van der Waals surface area contributed by atoms with Crippen LogP contribution in [0.2, 0.25) is 0 Å². The van der Waals surface area contributed by atoms with Crippen molar-refractivity contribution in [3.05, 3.63) is 54.1 Å². The zero-order valence-electron chi connectivity index (χ0n) is 13.3. The van der Waals surface area contributed by atoms with Crippen LogP contribution in [0.1, 0.15) is 16.2 Å².